The maximum Gasteiger partial charge on any atom is 0.146 e. The van der Waals surface area contributed by atoms with Gasteiger partial charge in [0.25, 0.3) is 0 Å². The van der Waals surface area contributed by atoms with Gasteiger partial charge in [-0.15, -0.1) is 0 Å². The average Bonchev–Trinajstić information content (AvgIpc) is 2.02. The van der Waals surface area contributed by atoms with Crippen LogP contribution in [0.15, 0.2) is 22.8 Å². The van der Waals surface area contributed by atoms with E-state index in [4.69, 9.17) is 0 Å². The van der Waals surface area contributed by atoms with E-state index in [9.17, 15) is 9.59 Å². The first kappa shape index (κ1) is 9.82. The Bertz CT molecular complexity index is 222. The van der Waals surface area contributed by atoms with Crippen LogP contribution in [-0.2, 0) is 9.59 Å². The Hall–Kier alpha value is -1.18. The third-order valence-corrected chi connectivity index (χ3v) is 1.43. The SMILES string of the molecule is CC(C=O)=CC(C)=C(C)C=O. The first-order valence-electron chi connectivity index (χ1n) is 3.38. The normalized spacial score (nSPS) is 13.9. The second kappa shape index (κ2) is 4.61. The van der Waals surface area contributed by atoms with E-state index in [1.165, 1.54) is 0 Å². The zero-order chi connectivity index (χ0) is 8.85. The van der Waals surface area contributed by atoms with E-state index >= 15 is 0 Å². The molecule has 60 valence electrons. The van der Waals surface area contributed by atoms with Crippen molar-refractivity contribution >= 4 is 12.6 Å². The summed E-state index contributed by atoms with van der Waals surface area (Å²) in [6, 6.07) is 0. The third-order valence-electron chi connectivity index (χ3n) is 1.43. The van der Waals surface area contributed by atoms with E-state index in [0.29, 0.717) is 11.1 Å². The Balaban J connectivity index is 4.62. The fourth-order valence-corrected chi connectivity index (χ4v) is 0.582. The van der Waals surface area contributed by atoms with Crippen LogP contribution >= 0.6 is 0 Å². The molecule has 0 bridgehead atoms. The van der Waals surface area contributed by atoms with Crippen molar-refractivity contribution < 1.29 is 9.59 Å². The lowest BCUT2D eigenvalue weighted by molar-refractivity contribution is -0.105. The van der Waals surface area contributed by atoms with Crippen molar-refractivity contribution in [2.75, 3.05) is 0 Å². The van der Waals surface area contributed by atoms with Crippen LogP contribution in [0.3, 0.4) is 0 Å². The quantitative estimate of drug-likeness (QED) is 0.350. The molecular formula is C9H12O2. The number of carbonyl (C=O) groups excluding carboxylic acids is 2. The minimum Gasteiger partial charge on any atom is -0.298 e. The second-order valence-electron chi connectivity index (χ2n) is 2.49. The zero-order valence-electron chi connectivity index (χ0n) is 7.05. The highest BCUT2D eigenvalue weighted by atomic mass is 16.1. The van der Waals surface area contributed by atoms with Gasteiger partial charge in [0.1, 0.15) is 12.6 Å². The van der Waals surface area contributed by atoms with Gasteiger partial charge in [-0.25, -0.2) is 0 Å². The second-order valence-corrected chi connectivity index (χ2v) is 2.49. The van der Waals surface area contributed by atoms with Gasteiger partial charge < -0.3 is 0 Å². The largest absolute Gasteiger partial charge is 0.298 e. The lowest BCUT2D eigenvalue weighted by Crippen LogP contribution is -1.84. The summed E-state index contributed by atoms with van der Waals surface area (Å²) >= 11 is 0. The molecule has 0 heterocycles. The third kappa shape index (κ3) is 3.50. The van der Waals surface area contributed by atoms with Crippen LogP contribution in [0.5, 0.6) is 0 Å². The minimum atomic E-state index is 0.628. The Morgan fingerprint density at radius 3 is 1.82 bits per heavy atom. The molecule has 0 saturated carbocycles. The number of carbonyl (C=O) groups is 2. The van der Waals surface area contributed by atoms with E-state index in [2.05, 4.69) is 0 Å². The van der Waals surface area contributed by atoms with Crippen LogP contribution in [-0.4, -0.2) is 12.6 Å². The Labute approximate surface area is 66.6 Å². The summed E-state index contributed by atoms with van der Waals surface area (Å²) in [5.74, 6) is 0. The molecule has 0 amide bonds. The van der Waals surface area contributed by atoms with Crippen LogP contribution in [0.1, 0.15) is 20.8 Å². The molecule has 0 aliphatic rings. The van der Waals surface area contributed by atoms with Crippen molar-refractivity contribution in [1.82, 2.24) is 0 Å². The van der Waals surface area contributed by atoms with Crippen LogP contribution in [0.25, 0.3) is 0 Å². The van der Waals surface area contributed by atoms with Gasteiger partial charge in [0, 0.05) is 0 Å². The molecule has 0 aliphatic heterocycles. The van der Waals surface area contributed by atoms with E-state index in [-0.39, 0.29) is 0 Å². The van der Waals surface area contributed by atoms with Gasteiger partial charge in [-0.05, 0) is 37.5 Å². The van der Waals surface area contributed by atoms with Gasteiger partial charge in [-0.2, -0.15) is 0 Å². The monoisotopic (exact) mass is 152 g/mol. The topological polar surface area (TPSA) is 34.1 Å². The maximum absolute atomic E-state index is 10.2. The Morgan fingerprint density at radius 1 is 0.909 bits per heavy atom. The van der Waals surface area contributed by atoms with Gasteiger partial charge in [0.05, 0.1) is 0 Å². The molecule has 0 radical (unpaired) electrons. The van der Waals surface area contributed by atoms with Gasteiger partial charge in [0.15, 0.2) is 0 Å². The van der Waals surface area contributed by atoms with Crippen molar-refractivity contribution in [3.63, 3.8) is 0 Å². The highest BCUT2D eigenvalue weighted by Gasteiger charge is 1.91. The number of aldehydes is 2. The molecule has 0 aromatic heterocycles. The molecular weight excluding hydrogens is 140 g/mol. The smallest absolute Gasteiger partial charge is 0.146 e. The molecule has 2 nitrogen and oxygen atoms in total. The standard InChI is InChI=1S/C9H12O2/c1-7(5-10)4-8(2)9(3)6-11/h4-6H,1-3H3. The molecule has 0 N–H and O–H groups in total. The molecule has 0 rings (SSSR count). The molecule has 0 saturated heterocycles. The predicted molar refractivity (Wildman–Crippen MR) is 44.3 cm³/mol. The number of hydrogen-bond acceptors (Lipinski definition) is 2. The van der Waals surface area contributed by atoms with Gasteiger partial charge in [-0.3, -0.25) is 9.59 Å². The fraction of sp³-hybridized carbons (Fsp3) is 0.333. The van der Waals surface area contributed by atoms with E-state index in [1.54, 1.807) is 26.8 Å². The summed E-state index contributed by atoms with van der Waals surface area (Å²) in [6.07, 6.45) is 3.24. The minimum absolute atomic E-state index is 0.628. The highest BCUT2D eigenvalue weighted by molar-refractivity contribution is 5.77. The van der Waals surface area contributed by atoms with Crippen molar-refractivity contribution in [1.29, 1.82) is 0 Å². The van der Waals surface area contributed by atoms with Gasteiger partial charge in [-0.1, -0.05) is 6.08 Å². The lowest BCUT2D eigenvalue weighted by atomic mass is 10.1. The summed E-state index contributed by atoms with van der Waals surface area (Å²) in [6.45, 7) is 5.22. The zero-order valence-corrected chi connectivity index (χ0v) is 7.05. The Kier molecular flexibility index (Phi) is 4.11. The number of rotatable bonds is 3. The molecule has 0 unspecified atom stereocenters. The van der Waals surface area contributed by atoms with Crippen LogP contribution < -0.4 is 0 Å². The Morgan fingerprint density at radius 2 is 1.45 bits per heavy atom. The molecule has 0 fully saturated rings. The number of allylic oxidation sites excluding steroid dienone is 4. The van der Waals surface area contributed by atoms with Gasteiger partial charge in [0.2, 0.25) is 0 Å². The van der Waals surface area contributed by atoms with Crippen LogP contribution in [0.4, 0.5) is 0 Å². The molecule has 0 atom stereocenters. The van der Waals surface area contributed by atoms with Crippen LogP contribution in [0, 0.1) is 0 Å². The van der Waals surface area contributed by atoms with E-state index in [1.807, 2.05) is 0 Å². The highest BCUT2D eigenvalue weighted by Crippen LogP contribution is 2.04. The predicted octanol–water partition coefficient (Wildman–Crippen LogP) is 1.67. The summed E-state index contributed by atoms with van der Waals surface area (Å²) in [7, 11) is 0. The lowest BCUT2D eigenvalue weighted by Gasteiger charge is -1.94. The summed E-state index contributed by atoms with van der Waals surface area (Å²) < 4.78 is 0. The molecule has 0 aromatic rings. The summed E-state index contributed by atoms with van der Waals surface area (Å²) in [5, 5.41) is 0. The molecule has 0 aliphatic carbocycles. The maximum atomic E-state index is 10.2. The van der Waals surface area contributed by atoms with E-state index < -0.39 is 0 Å². The van der Waals surface area contributed by atoms with Crippen molar-refractivity contribution in [2.24, 2.45) is 0 Å². The summed E-state index contributed by atoms with van der Waals surface area (Å²) in [5.41, 5.74) is 2.12. The number of hydrogen-bond donors (Lipinski definition) is 0. The van der Waals surface area contributed by atoms with E-state index in [0.717, 1.165) is 18.1 Å². The average molecular weight is 152 g/mol. The molecule has 2 heteroatoms. The first-order chi connectivity index (χ1) is 5.11. The van der Waals surface area contributed by atoms with Crippen molar-refractivity contribution in [2.45, 2.75) is 20.8 Å². The van der Waals surface area contributed by atoms with Crippen molar-refractivity contribution in [3.8, 4) is 0 Å². The molecule has 0 aromatic carbocycles. The molecule has 11 heavy (non-hydrogen) atoms. The van der Waals surface area contributed by atoms with Gasteiger partial charge >= 0.3 is 0 Å². The van der Waals surface area contributed by atoms with Crippen molar-refractivity contribution in [3.05, 3.63) is 22.8 Å². The first-order valence-corrected chi connectivity index (χ1v) is 3.38. The van der Waals surface area contributed by atoms with Crippen LogP contribution in [0.2, 0.25) is 0 Å². The fourth-order valence-electron chi connectivity index (χ4n) is 0.582. The summed E-state index contributed by atoms with van der Waals surface area (Å²) in [4.78, 5) is 20.4. The molecule has 0 spiro atoms.